The number of aryl methyl sites for hydroxylation is 1. The van der Waals surface area contributed by atoms with E-state index in [2.05, 4.69) is 22.3 Å². The van der Waals surface area contributed by atoms with E-state index in [1.807, 2.05) is 47.0 Å². The number of carboxylic acid groups (broad SMARTS) is 1. The molecular weight excluding hydrogens is 571 g/mol. The lowest BCUT2D eigenvalue weighted by Crippen LogP contribution is -2.67. The second-order valence-corrected chi connectivity index (χ2v) is 12.0. The molecule has 0 radical (unpaired) electrons. The average Bonchev–Trinajstić information content (AvgIpc) is 3.57. The molecule has 11 heteroatoms. The molecule has 0 spiro atoms. The van der Waals surface area contributed by atoms with Gasteiger partial charge in [0.05, 0.1) is 6.04 Å². The molecule has 0 bridgehead atoms. The Kier molecular flexibility index (Phi) is 8.43. The molecule has 0 saturated carbocycles. The summed E-state index contributed by atoms with van der Waals surface area (Å²) in [5.74, 6) is -1.46. The Bertz CT molecular complexity index is 1520. The number of thiophene rings is 1. The zero-order valence-electron chi connectivity index (χ0n) is 22.7. The van der Waals surface area contributed by atoms with Crippen molar-refractivity contribution in [3.8, 4) is 5.75 Å². The van der Waals surface area contributed by atoms with Crippen molar-refractivity contribution in [2.75, 3.05) is 18.6 Å². The normalized spacial score (nSPS) is 18.1. The van der Waals surface area contributed by atoms with E-state index in [0.29, 0.717) is 25.1 Å². The first-order valence-electron chi connectivity index (χ1n) is 13.3. The van der Waals surface area contributed by atoms with Crippen molar-refractivity contribution >= 4 is 40.0 Å². The molecule has 3 atom stereocenters. The molecule has 3 unspecified atom stereocenters. The van der Waals surface area contributed by atoms with E-state index < -0.39 is 23.9 Å². The van der Waals surface area contributed by atoms with Gasteiger partial charge in [0.15, 0.2) is 5.66 Å². The zero-order chi connectivity index (χ0) is 29.4. The molecule has 2 aromatic heterocycles. The van der Waals surface area contributed by atoms with Gasteiger partial charge < -0.3 is 20.1 Å². The number of rotatable bonds is 10. The summed E-state index contributed by atoms with van der Waals surface area (Å²) < 4.78 is 44.3. The number of carbonyl (C=O) groups is 1. The second-order valence-electron chi connectivity index (χ2n) is 10.2. The number of fused-ring (bicyclic) bond motifs is 2. The van der Waals surface area contributed by atoms with Gasteiger partial charge in [0.1, 0.15) is 5.75 Å². The molecule has 218 valence electrons. The SMILES string of the molecule is CCn1cc(C(CSC)C(N)(C(=O)O)N2CCc3ccsc3C2Cc2ccc(OC(F)(F)F)cc2)c2ccccc21. The second kappa shape index (κ2) is 11.7. The smallest absolute Gasteiger partial charge is 0.479 e. The number of nitrogens with two attached hydrogens (primary N) is 1. The molecule has 6 nitrogen and oxygen atoms in total. The van der Waals surface area contributed by atoms with Crippen molar-refractivity contribution < 1.29 is 27.8 Å². The van der Waals surface area contributed by atoms with Crippen LogP contribution in [0.4, 0.5) is 13.2 Å². The molecule has 0 fully saturated rings. The predicted molar refractivity (Wildman–Crippen MR) is 158 cm³/mol. The third kappa shape index (κ3) is 5.73. The van der Waals surface area contributed by atoms with Crippen LogP contribution in [0.1, 0.15) is 40.5 Å². The Morgan fingerprint density at radius 1 is 1.20 bits per heavy atom. The summed E-state index contributed by atoms with van der Waals surface area (Å²) in [6.45, 7) is 3.22. The van der Waals surface area contributed by atoms with Gasteiger partial charge in [-0.05, 0) is 72.4 Å². The van der Waals surface area contributed by atoms with Gasteiger partial charge in [-0.2, -0.15) is 11.8 Å². The third-order valence-corrected chi connectivity index (χ3v) is 9.61. The van der Waals surface area contributed by atoms with Gasteiger partial charge in [-0.1, -0.05) is 30.3 Å². The lowest BCUT2D eigenvalue weighted by Gasteiger charge is -2.48. The van der Waals surface area contributed by atoms with Gasteiger partial charge in [-0.25, -0.2) is 4.79 Å². The van der Waals surface area contributed by atoms with E-state index in [9.17, 15) is 23.1 Å². The number of thioether (sulfide) groups is 1. The standard InChI is InChI=1S/C30H32F3N3O3S2/c1-3-35-17-23(22-6-4-5-7-25(22)35)24(18-40-2)29(34,28(37)38)36-14-12-20-13-15-41-27(20)26(36)16-19-8-10-21(11-9-19)39-30(31,32)33/h4-11,13,15,17,24,26H,3,12,14,16,18,34H2,1-2H3,(H,37,38). The fraction of sp³-hybridized carbons (Fsp3) is 0.367. The lowest BCUT2D eigenvalue weighted by molar-refractivity contribution is -0.274. The van der Waals surface area contributed by atoms with Gasteiger partial charge >= 0.3 is 12.3 Å². The first kappa shape index (κ1) is 29.5. The maximum Gasteiger partial charge on any atom is 0.573 e. The summed E-state index contributed by atoms with van der Waals surface area (Å²) in [6, 6.07) is 15.4. The van der Waals surface area contributed by atoms with Crippen molar-refractivity contribution in [2.45, 2.75) is 50.3 Å². The molecule has 2 aromatic carbocycles. The Balaban J connectivity index is 1.58. The summed E-state index contributed by atoms with van der Waals surface area (Å²) in [5, 5.41) is 13.9. The lowest BCUT2D eigenvalue weighted by atomic mass is 9.82. The van der Waals surface area contributed by atoms with Crippen LogP contribution in [-0.2, 0) is 24.2 Å². The van der Waals surface area contributed by atoms with E-state index in [-0.39, 0.29) is 11.8 Å². The maximum atomic E-state index is 13.3. The highest BCUT2D eigenvalue weighted by Crippen LogP contribution is 2.45. The molecule has 41 heavy (non-hydrogen) atoms. The summed E-state index contributed by atoms with van der Waals surface area (Å²) in [4.78, 5) is 16.3. The van der Waals surface area contributed by atoms with Gasteiger partial charge in [-0.15, -0.1) is 24.5 Å². The minimum atomic E-state index is -4.78. The Morgan fingerprint density at radius 3 is 2.59 bits per heavy atom. The third-order valence-electron chi connectivity index (χ3n) is 7.89. The van der Waals surface area contributed by atoms with Crippen LogP contribution in [-0.4, -0.2) is 51.1 Å². The number of para-hydroxylation sites is 1. The number of aromatic nitrogens is 1. The quantitative estimate of drug-likeness (QED) is 0.211. The summed E-state index contributed by atoms with van der Waals surface area (Å²) in [5.41, 5.74) is 9.22. The van der Waals surface area contributed by atoms with E-state index >= 15 is 0 Å². The highest BCUT2D eigenvalue weighted by Gasteiger charge is 2.52. The molecule has 1 aliphatic rings. The van der Waals surface area contributed by atoms with Crippen LogP contribution in [0.25, 0.3) is 10.9 Å². The highest BCUT2D eigenvalue weighted by atomic mass is 32.2. The van der Waals surface area contributed by atoms with Crippen molar-refractivity contribution in [2.24, 2.45) is 5.73 Å². The number of alkyl halides is 3. The van der Waals surface area contributed by atoms with Gasteiger partial charge in [0.2, 0.25) is 0 Å². The average molecular weight is 604 g/mol. The number of hydrogen-bond acceptors (Lipinski definition) is 6. The van der Waals surface area contributed by atoms with Crippen molar-refractivity contribution in [3.63, 3.8) is 0 Å². The summed E-state index contributed by atoms with van der Waals surface area (Å²) in [7, 11) is 0. The molecule has 4 aromatic rings. The zero-order valence-corrected chi connectivity index (χ0v) is 24.4. The molecule has 3 heterocycles. The van der Waals surface area contributed by atoms with E-state index in [4.69, 9.17) is 5.73 Å². The van der Waals surface area contributed by atoms with Crippen molar-refractivity contribution in [1.29, 1.82) is 0 Å². The van der Waals surface area contributed by atoms with Crippen LogP contribution < -0.4 is 10.5 Å². The van der Waals surface area contributed by atoms with Crippen LogP contribution in [0.15, 0.2) is 66.2 Å². The fourth-order valence-corrected chi connectivity index (χ4v) is 7.82. The van der Waals surface area contributed by atoms with Crippen LogP contribution >= 0.6 is 23.1 Å². The molecule has 0 amide bonds. The molecular formula is C30H32F3N3O3S2. The number of hydrogen-bond donors (Lipinski definition) is 2. The van der Waals surface area contributed by atoms with Crippen LogP contribution in [0.3, 0.4) is 0 Å². The number of carboxylic acids is 1. The number of aliphatic carboxylic acids is 1. The van der Waals surface area contributed by atoms with Gasteiger partial charge in [0, 0.05) is 46.7 Å². The van der Waals surface area contributed by atoms with E-state index in [1.54, 1.807) is 35.2 Å². The van der Waals surface area contributed by atoms with Crippen molar-refractivity contribution in [3.05, 3.63) is 87.7 Å². The maximum absolute atomic E-state index is 13.3. The minimum absolute atomic E-state index is 0.301. The first-order chi connectivity index (χ1) is 19.6. The summed E-state index contributed by atoms with van der Waals surface area (Å²) >= 11 is 3.11. The predicted octanol–water partition coefficient (Wildman–Crippen LogP) is 6.65. The van der Waals surface area contributed by atoms with E-state index in [1.165, 1.54) is 12.1 Å². The fourth-order valence-electron chi connectivity index (χ4n) is 5.99. The molecule has 0 saturated heterocycles. The Hall–Kier alpha value is -2.99. The van der Waals surface area contributed by atoms with Gasteiger partial charge in [0.25, 0.3) is 0 Å². The monoisotopic (exact) mass is 603 g/mol. The molecule has 3 N–H and O–H groups in total. The first-order valence-corrected chi connectivity index (χ1v) is 15.6. The number of halogens is 3. The van der Waals surface area contributed by atoms with Crippen LogP contribution in [0.5, 0.6) is 5.75 Å². The van der Waals surface area contributed by atoms with Gasteiger partial charge in [-0.3, -0.25) is 4.90 Å². The summed E-state index contributed by atoms with van der Waals surface area (Å²) in [6.07, 6.45) is 0.244. The number of ether oxygens (including phenoxy) is 1. The minimum Gasteiger partial charge on any atom is -0.479 e. The van der Waals surface area contributed by atoms with Crippen LogP contribution in [0.2, 0.25) is 0 Å². The Morgan fingerprint density at radius 2 is 1.93 bits per heavy atom. The largest absolute Gasteiger partial charge is 0.573 e. The van der Waals surface area contributed by atoms with Crippen molar-refractivity contribution in [1.82, 2.24) is 9.47 Å². The molecule has 5 rings (SSSR count). The highest BCUT2D eigenvalue weighted by molar-refractivity contribution is 7.98. The number of nitrogens with zero attached hydrogens (tertiary/aromatic N) is 2. The van der Waals surface area contributed by atoms with E-state index in [0.717, 1.165) is 39.0 Å². The molecule has 1 aliphatic heterocycles. The number of benzene rings is 2. The Labute approximate surface area is 244 Å². The topological polar surface area (TPSA) is 80.7 Å². The van der Waals surface area contributed by atoms with Crippen LogP contribution in [0, 0.1) is 0 Å². The molecule has 0 aliphatic carbocycles.